The molecule has 0 radical (unpaired) electrons. The first kappa shape index (κ1) is 14.3. The Hall–Kier alpha value is -2.10. The lowest BCUT2D eigenvalue weighted by Gasteiger charge is -2.14. The van der Waals surface area contributed by atoms with Crippen LogP contribution in [0.25, 0.3) is 0 Å². The molecule has 0 amide bonds. The minimum atomic E-state index is -0.164. The molecular weight excluding hydrogens is 252 g/mol. The van der Waals surface area contributed by atoms with Crippen LogP contribution >= 0.6 is 0 Å². The summed E-state index contributed by atoms with van der Waals surface area (Å²) in [5.74, 6) is 1.10. The van der Waals surface area contributed by atoms with Gasteiger partial charge in [0.2, 0.25) is 0 Å². The smallest absolute Gasteiger partial charge is 0.305 e. The summed E-state index contributed by atoms with van der Waals surface area (Å²) in [6, 6.07) is 10.3. The number of aryl methyl sites for hydroxylation is 1. The van der Waals surface area contributed by atoms with Crippen LogP contribution < -0.4 is 0 Å². The van der Waals surface area contributed by atoms with Crippen molar-refractivity contribution in [1.82, 2.24) is 9.55 Å². The van der Waals surface area contributed by atoms with E-state index < -0.39 is 0 Å². The van der Waals surface area contributed by atoms with Gasteiger partial charge in [-0.25, -0.2) is 4.98 Å². The van der Waals surface area contributed by atoms with E-state index in [1.807, 2.05) is 30.6 Å². The third kappa shape index (κ3) is 3.47. The maximum atomic E-state index is 11.1. The van der Waals surface area contributed by atoms with Crippen molar-refractivity contribution < 1.29 is 9.53 Å². The highest BCUT2D eigenvalue weighted by atomic mass is 16.5. The van der Waals surface area contributed by atoms with E-state index in [-0.39, 0.29) is 11.9 Å². The summed E-state index contributed by atoms with van der Waals surface area (Å²) in [7, 11) is 1.42. The molecule has 1 aromatic carbocycles. The lowest BCUT2D eigenvalue weighted by atomic mass is 10.0. The van der Waals surface area contributed by atoms with Gasteiger partial charge in [0.15, 0.2) is 0 Å². The second-order valence-corrected chi connectivity index (χ2v) is 4.79. The molecule has 0 spiro atoms. The van der Waals surface area contributed by atoms with Crippen molar-refractivity contribution in [1.29, 1.82) is 0 Å². The molecule has 1 heterocycles. The number of hydrogen-bond acceptors (Lipinski definition) is 3. The van der Waals surface area contributed by atoms with Gasteiger partial charge in [0.1, 0.15) is 5.82 Å². The van der Waals surface area contributed by atoms with E-state index in [2.05, 4.69) is 33.3 Å². The summed E-state index contributed by atoms with van der Waals surface area (Å²) < 4.78 is 6.76. The number of rotatable bonds is 6. The van der Waals surface area contributed by atoms with Crippen molar-refractivity contribution in [3.63, 3.8) is 0 Å². The molecule has 20 heavy (non-hydrogen) atoms. The summed E-state index contributed by atoms with van der Waals surface area (Å²) in [6.45, 7) is 2.93. The van der Waals surface area contributed by atoms with Crippen LogP contribution in [-0.2, 0) is 16.1 Å². The quantitative estimate of drug-likeness (QED) is 0.759. The van der Waals surface area contributed by atoms with Gasteiger partial charge < -0.3 is 9.30 Å². The number of carbonyl (C=O) groups excluding carboxylic acids is 1. The molecule has 0 aliphatic heterocycles. The predicted octanol–water partition coefficient (Wildman–Crippen LogP) is 2.99. The zero-order valence-corrected chi connectivity index (χ0v) is 12.0. The van der Waals surface area contributed by atoms with Crippen molar-refractivity contribution in [3.05, 3.63) is 54.1 Å². The Labute approximate surface area is 119 Å². The van der Waals surface area contributed by atoms with Crippen molar-refractivity contribution in [2.24, 2.45) is 0 Å². The van der Waals surface area contributed by atoms with Gasteiger partial charge in [-0.3, -0.25) is 4.79 Å². The molecule has 0 saturated heterocycles. The van der Waals surface area contributed by atoms with E-state index in [1.54, 1.807) is 0 Å². The number of ether oxygens (including phenoxy) is 1. The maximum Gasteiger partial charge on any atom is 0.305 e. The van der Waals surface area contributed by atoms with Crippen LogP contribution in [0.15, 0.2) is 42.7 Å². The first-order valence-electron chi connectivity index (χ1n) is 6.85. The predicted molar refractivity (Wildman–Crippen MR) is 77.4 cm³/mol. The fraction of sp³-hybridized carbons (Fsp3) is 0.375. The second kappa shape index (κ2) is 6.89. The van der Waals surface area contributed by atoms with E-state index in [4.69, 9.17) is 0 Å². The summed E-state index contributed by atoms with van der Waals surface area (Å²) >= 11 is 0. The lowest BCUT2D eigenvalue weighted by Crippen LogP contribution is -2.09. The number of benzene rings is 1. The normalized spacial score (nSPS) is 12.1. The molecule has 0 aliphatic carbocycles. The van der Waals surface area contributed by atoms with Gasteiger partial charge in [0.05, 0.1) is 7.11 Å². The average molecular weight is 272 g/mol. The van der Waals surface area contributed by atoms with E-state index in [0.717, 1.165) is 18.8 Å². The van der Waals surface area contributed by atoms with E-state index in [9.17, 15) is 4.79 Å². The second-order valence-electron chi connectivity index (χ2n) is 4.79. The Morgan fingerprint density at radius 1 is 1.35 bits per heavy atom. The van der Waals surface area contributed by atoms with Gasteiger partial charge in [-0.05, 0) is 12.0 Å². The first-order valence-corrected chi connectivity index (χ1v) is 6.85. The first-order chi connectivity index (χ1) is 9.72. The fourth-order valence-electron chi connectivity index (χ4n) is 2.28. The number of esters is 1. The third-order valence-corrected chi connectivity index (χ3v) is 3.44. The average Bonchev–Trinajstić information content (AvgIpc) is 2.95. The molecule has 1 aromatic heterocycles. The minimum Gasteiger partial charge on any atom is -0.469 e. The SMILES string of the molecule is COC(=O)CCCn1ccnc1C(C)c1ccccc1. The van der Waals surface area contributed by atoms with Gasteiger partial charge in [0.25, 0.3) is 0 Å². The molecule has 0 N–H and O–H groups in total. The topological polar surface area (TPSA) is 44.1 Å². The standard InChI is InChI=1S/C16H20N2O2/c1-13(14-7-4-3-5-8-14)16-17-10-12-18(16)11-6-9-15(19)20-2/h3-5,7-8,10,12-13H,6,9,11H2,1-2H3. The van der Waals surface area contributed by atoms with Crippen molar-refractivity contribution in [2.75, 3.05) is 7.11 Å². The molecule has 2 rings (SSSR count). The van der Waals surface area contributed by atoms with Gasteiger partial charge in [0, 0.05) is 31.3 Å². The number of aromatic nitrogens is 2. The number of imidazole rings is 1. The largest absolute Gasteiger partial charge is 0.469 e. The molecule has 1 atom stereocenters. The highest BCUT2D eigenvalue weighted by Crippen LogP contribution is 2.22. The molecule has 2 aromatic rings. The molecule has 0 saturated carbocycles. The van der Waals surface area contributed by atoms with Crippen molar-refractivity contribution >= 4 is 5.97 Å². The number of nitrogens with zero attached hydrogens (tertiary/aromatic N) is 2. The van der Waals surface area contributed by atoms with Gasteiger partial charge in [-0.2, -0.15) is 0 Å². The Bertz CT molecular complexity index is 549. The van der Waals surface area contributed by atoms with Crippen LogP contribution in [0.5, 0.6) is 0 Å². The lowest BCUT2D eigenvalue weighted by molar-refractivity contribution is -0.140. The zero-order valence-electron chi connectivity index (χ0n) is 12.0. The van der Waals surface area contributed by atoms with Gasteiger partial charge in [-0.1, -0.05) is 37.3 Å². The minimum absolute atomic E-state index is 0.164. The van der Waals surface area contributed by atoms with Crippen molar-refractivity contribution in [2.45, 2.75) is 32.2 Å². The molecule has 4 nitrogen and oxygen atoms in total. The van der Waals surface area contributed by atoms with E-state index in [1.165, 1.54) is 12.7 Å². The summed E-state index contributed by atoms with van der Waals surface area (Å²) in [4.78, 5) is 15.6. The Balaban J connectivity index is 2.03. The van der Waals surface area contributed by atoms with Crippen LogP contribution in [0, 0.1) is 0 Å². The van der Waals surface area contributed by atoms with Crippen LogP contribution in [-0.4, -0.2) is 22.6 Å². The van der Waals surface area contributed by atoms with E-state index in [0.29, 0.717) is 6.42 Å². The molecule has 0 fully saturated rings. The Morgan fingerprint density at radius 2 is 2.10 bits per heavy atom. The van der Waals surface area contributed by atoms with E-state index >= 15 is 0 Å². The van der Waals surface area contributed by atoms with Gasteiger partial charge >= 0.3 is 5.97 Å². The number of hydrogen-bond donors (Lipinski definition) is 0. The van der Waals surface area contributed by atoms with Gasteiger partial charge in [-0.15, -0.1) is 0 Å². The molecule has 106 valence electrons. The molecular formula is C16H20N2O2. The van der Waals surface area contributed by atoms with Crippen LogP contribution in [0.1, 0.15) is 37.1 Å². The Morgan fingerprint density at radius 3 is 2.80 bits per heavy atom. The van der Waals surface area contributed by atoms with Crippen LogP contribution in [0.4, 0.5) is 0 Å². The number of methoxy groups -OCH3 is 1. The highest BCUT2D eigenvalue weighted by molar-refractivity contribution is 5.68. The monoisotopic (exact) mass is 272 g/mol. The molecule has 0 bridgehead atoms. The fourth-order valence-corrected chi connectivity index (χ4v) is 2.28. The third-order valence-electron chi connectivity index (χ3n) is 3.44. The molecule has 4 heteroatoms. The van der Waals surface area contributed by atoms with Crippen LogP contribution in [0.2, 0.25) is 0 Å². The summed E-state index contributed by atoms with van der Waals surface area (Å²) in [5, 5.41) is 0. The van der Waals surface area contributed by atoms with Crippen LogP contribution in [0.3, 0.4) is 0 Å². The Kier molecular flexibility index (Phi) is 4.93. The summed E-state index contributed by atoms with van der Waals surface area (Å²) in [5.41, 5.74) is 1.24. The molecule has 0 aliphatic rings. The number of carbonyl (C=O) groups is 1. The van der Waals surface area contributed by atoms with Crippen molar-refractivity contribution in [3.8, 4) is 0 Å². The molecule has 1 unspecified atom stereocenters. The summed E-state index contributed by atoms with van der Waals surface area (Å²) in [6.07, 6.45) is 4.98. The maximum absolute atomic E-state index is 11.1. The zero-order chi connectivity index (χ0) is 14.4. The highest BCUT2D eigenvalue weighted by Gasteiger charge is 2.14.